The first kappa shape index (κ1) is 25.8. The molecule has 2 radical (unpaired) electrons. The third kappa shape index (κ3) is 5.56. The van der Waals surface area contributed by atoms with E-state index in [1.54, 1.807) is 31.0 Å². The first-order valence-corrected chi connectivity index (χ1v) is 12.5. The summed E-state index contributed by atoms with van der Waals surface area (Å²) < 4.78 is 0. The molecule has 0 unspecified atom stereocenters. The van der Waals surface area contributed by atoms with E-state index >= 15 is 0 Å². The lowest BCUT2D eigenvalue weighted by Gasteiger charge is -2.32. The van der Waals surface area contributed by atoms with Crippen LogP contribution in [0.2, 0.25) is 0 Å². The Balaban J connectivity index is 1.53. The van der Waals surface area contributed by atoms with E-state index in [-0.39, 0.29) is 23.6 Å². The number of likely N-dealkylation sites (N-methyl/N-ethyl adjacent to an activating group) is 1. The average molecular weight is 488 g/mol. The van der Waals surface area contributed by atoms with Crippen LogP contribution in [0.1, 0.15) is 61.4 Å². The van der Waals surface area contributed by atoms with Crippen LogP contribution in [-0.4, -0.2) is 66.2 Å². The molecular formula is C27H33BN4O4. The van der Waals surface area contributed by atoms with Crippen molar-refractivity contribution in [2.75, 3.05) is 13.6 Å². The average Bonchev–Trinajstić information content (AvgIpc) is 3.37. The van der Waals surface area contributed by atoms with Gasteiger partial charge in [-0.3, -0.25) is 14.4 Å². The molecule has 4 atom stereocenters. The van der Waals surface area contributed by atoms with E-state index in [1.807, 2.05) is 12.1 Å². The summed E-state index contributed by atoms with van der Waals surface area (Å²) in [7, 11) is 7.32. The van der Waals surface area contributed by atoms with Crippen LogP contribution < -0.4 is 10.6 Å². The molecule has 1 heterocycles. The van der Waals surface area contributed by atoms with Crippen LogP contribution in [0.5, 0.6) is 5.75 Å². The Hall–Kier alpha value is -3.33. The van der Waals surface area contributed by atoms with Crippen molar-refractivity contribution in [2.45, 2.75) is 63.2 Å². The number of carbonyl (C=O) groups is 3. The van der Waals surface area contributed by atoms with Gasteiger partial charge in [0.1, 0.15) is 17.8 Å². The summed E-state index contributed by atoms with van der Waals surface area (Å²) in [5, 5.41) is 15.7. The van der Waals surface area contributed by atoms with Crippen LogP contribution in [0, 0.1) is 0 Å². The Kier molecular flexibility index (Phi) is 7.99. The second-order valence-electron chi connectivity index (χ2n) is 9.72. The zero-order valence-corrected chi connectivity index (χ0v) is 20.8. The number of phenolic OH excluding ortho intramolecular Hbond substituents is 1. The number of phenols is 1. The summed E-state index contributed by atoms with van der Waals surface area (Å²) in [6.07, 6.45) is 4.12. The number of hydrogen-bond donors (Lipinski definition) is 3. The molecule has 4 rings (SSSR count). The first-order chi connectivity index (χ1) is 17.3. The largest absolute Gasteiger partial charge is 0.508 e. The molecule has 1 aliphatic heterocycles. The summed E-state index contributed by atoms with van der Waals surface area (Å²) in [6, 6.07) is 11.9. The molecule has 0 bridgehead atoms. The highest BCUT2D eigenvalue weighted by atomic mass is 16.3. The number of nitrogens with zero attached hydrogens (tertiary/aromatic N) is 2. The Bertz CT molecular complexity index is 1110. The number of nitrogens with one attached hydrogen (secondary N) is 2. The minimum Gasteiger partial charge on any atom is -0.508 e. The monoisotopic (exact) mass is 488 g/mol. The van der Waals surface area contributed by atoms with Crippen molar-refractivity contribution in [1.29, 1.82) is 0 Å². The Morgan fingerprint density at radius 2 is 1.81 bits per heavy atom. The van der Waals surface area contributed by atoms with E-state index in [9.17, 15) is 19.5 Å². The van der Waals surface area contributed by atoms with Crippen molar-refractivity contribution in [1.82, 2.24) is 20.3 Å². The van der Waals surface area contributed by atoms with Gasteiger partial charge < -0.3 is 25.5 Å². The summed E-state index contributed by atoms with van der Waals surface area (Å²) in [5.74, 6) is -0.890. The summed E-state index contributed by atoms with van der Waals surface area (Å²) in [6.45, 7) is 2.07. The SMILES string of the molecule is [B]N(C)[C@@H](C)C(=O)N[C@H](C(=O)N1CCC[C@H]1C(=O)N[C@@H]1CCCc2ccccc21)c1ccc(O)cc1. The smallest absolute Gasteiger partial charge is 0.250 e. The lowest BCUT2D eigenvalue weighted by Crippen LogP contribution is -2.52. The van der Waals surface area contributed by atoms with Gasteiger partial charge in [-0.05, 0) is 74.9 Å². The number of rotatable bonds is 7. The highest BCUT2D eigenvalue weighted by Gasteiger charge is 2.39. The van der Waals surface area contributed by atoms with Gasteiger partial charge in [0.2, 0.25) is 17.7 Å². The number of aryl methyl sites for hydroxylation is 1. The molecule has 3 N–H and O–H groups in total. The fourth-order valence-electron chi connectivity index (χ4n) is 5.04. The lowest BCUT2D eigenvalue weighted by molar-refractivity contribution is -0.142. The predicted octanol–water partition coefficient (Wildman–Crippen LogP) is 2.14. The van der Waals surface area contributed by atoms with E-state index in [0.29, 0.717) is 24.9 Å². The molecule has 1 fully saturated rings. The molecule has 9 heteroatoms. The zero-order chi connectivity index (χ0) is 25.8. The van der Waals surface area contributed by atoms with E-state index in [1.165, 1.54) is 22.5 Å². The van der Waals surface area contributed by atoms with Crippen molar-refractivity contribution in [3.63, 3.8) is 0 Å². The number of fused-ring (bicyclic) bond motifs is 1. The number of carbonyl (C=O) groups excluding carboxylic acids is 3. The van der Waals surface area contributed by atoms with Gasteiger partial charge in [0.05, 0.1) is 12.1 Å². The standard InChI is InChI=1S/C27H33BN4O4/c1-17(31(2)28)25(34)30-24(19-12-14-20(33)15-13-19)27(36)32-16-6-11-23(32)26(35)29-22-10-5-8-18-7-3-4-9-21(18)22/h3-4,7,9,12-15,17,22-24,33H,5-6,8,10-11,16H2,1-2H3,(H,29,35)(H,30,34)/t17-,22+,23-,24-/m0/s1. The number of likely N-dealkylation sites (tertiary alicyclic amines) is 1. The molecule has 188 valence electrons. The van der Waals surface area contributed by atoms with Crippen molar-refractivity contribution >= 4 is 25.7 Å². The molecule has 0 aromatic heterocycles. The van der Waals surface area contributed by atoms with Gasteiger partial charge in [-0.2, -0.15) is 0 Å². The van der Waals surface area contributed by atoms with Gasteiger partial charge in [-0.1, -0.05) is 36.4 Å². The van der Waals surface area contributed by atoms with Crippen molar-refractivity contribution in [2.24, 2.45) is 0 Å². The third-order valence-corrected chi connectivity index (χ3v) is 7.27. The van der Waals surface area contributed by atoms with E-state index in [2.05, 4.69) is 22.8 Å². The summed E-state index contributed by atoms with van der Waals surface area (Å²) >= 11 is 0. The Morgan fingerprint density at radius 1 is 1.08 bits per heavy atom. The number of hydrogen-bond acceptors (Lipinski definition) is 5. The molecular weight excluding hydrogens is 455 g/mol. The quantitative estimate of drug-likeness (QED) is 0.519. The maximum Gasteiger partial charge on any atom is 0.250 e. The molecule has 36 heavy (non-hydrogen) atoms. The summed E-state index contributed by atoms with van der Waals surface area (Å²) in [4.78, 5) is 42.9. The van der Waals surface area contributed by atoms with Crippen LogP contribution in [0.25, 0.3) is 0 Å². The molecule has 0 saturated carbocycles. The van der Waals surface area contributed by atoms with Crippen LogP contribution in [-0.2, 0) is 20.8 Å². The van der Waals surface area contributed by atoms with E-state index in [0.717, 1.165) is 24.8 Å². The van der Waals surface area contributed by atoms with Crippen molar-refractivity contribution in [3.05, 3.63) is 65.2 Å². The first-order valence-electron chi connectivity index (χ1n) is 12.5. The minimum atomic E-state index is -1.01. The molecule has 3 amide bonds. The normalized spacial score (nSPS) is 20.9. The molecule has 8 nitrogen and oxygen atoms in total. The highest BCUT2D eigenvalue weighted by Crippen LogP contribution is 2.31. The molecule has 2 aromatic rings. The van der Waals surface area contributed by atoms with Crippen LogP contribution in [0.4, 0.5) is 0 Å². The highest BCUT2D eigenvalue weighted by molar-refractivity contribution is 6.06. The molecule has 1 saturated heterocycles. The molecule has 0 spiro atoms. The second-order valence-corrected chi connectivity index (χ2v) is 9.72. The third-order valence-electron chi connectivity index (χ3n) is 7.27. The van der Waals surface area contributed by atoms with E-state index in [4.69, 9.17) is 7.98 Å². The molecule has 2 aromatic carbocycles. The fraction of sp³-hybridized carbons (Fsp3) is 0.444. The maximum absolute atomic E-state index is 13.8. The Labute approximate surface area is 213 Å². The van der Waals surface area contributed by atoms with Gasteiger partial charge in [0, 0.05) is 6.54 Å². The Morgan fingerprint density at radius 3 is 2.53 bits per heavy atom. The maximum atomic E-state index is 13.8. The zero-order valence-electron chi connectivity index (χ0n) is 20.8. The fourth-order valence-corrected chi connectivity index (χ4v) is 5.04. The van der Waals surface area contributed by atoms with Crippen molar-refractivity contribution in [3.8, 4) is 5.75 Å². The van der Waals surface area contributed by atoms with Crippen molar-refractivity contribution < 1.29 is 19.5 Å². The summed E-state index contributed by atoms with van der Waals surface area (Å²) in [5.41, 5.74) is 2.91. The van der Waals surface area contributed by atoms with Gasteiger partial charge in [-0.25, -0.2) is 0 Å². The van der Waals surface area contributed by atoms with E-state index < -0.39 is 24.0 Å². The molecule has 1 aliphatic carbocycles. The number of benzene rings is 2. The number of aromatic hydroxyl groups is 1. The number of amides is 3. The molecule has 2 aliphatic rings. The van der Waals surface area contributed by atoms with Crippen LogP contribution in [0.3, 0.4) is 0 Å². The van der Waals surface area contributed by atoms with Gasteiger partial charge in [0.25, 0.3) is 0 Å². The van der Waals surface area contributed by atoms with Gasteiger partial charge in [-0.15, -0.1) is 0 Å². The van der Waals surface area contributed by atoms with Gasteiger partial charge >= 0.3 is 0 Å². The minimum absolute atomic E-state index is 0.0533. The lowest BCUT2D eigenvalue weighted by atomic mass is 9.87. The van der Waals surface area contributed by atoms with Crippen LogP contribution in [0.15, 0.2) is 48.5 Å². The van der Waals surface area contributed by atoms with Crippen LogP contribution >= 0.6 is 0 Å². The second kappa shape index (κ2) is 11.2. The topological polar surface area (TPSA) is 102 Å². The van der Waals surface area contributed by atoms with Gasteiger partial charge in [0.15, 0.2) is 7.98 Å². The predicted molar refractivity (Wildman–Crippen MR) is 137 cm³/mol.